The van der Waals surface area contributed by atoms with Crippen molar-refractivity contribution in [3.05, 3.63) is 58.9 Å². The van der Waals surface area contributed by atoms with Crippen LogP contribution in [0.2, 0.25) is 5.02 Å². The number of hydrazine groups is 1. The van der Waals surface area contributed by atoms with Crippen molar-refractivity contribution >= 4 is 11.6 Å². The van der Waals surface area contributed by atoms with Crippen molar-refractivity contribution in [1.29, 1.82) is 0 Å². The fourth-order valence-corrected chi connectivity index (χ4v) is 4.18. The SMILES string of the molecule is CCc1ccc(CN2CCC3NNC(COc4cccc(Cl)c4)C3C2)nc1. The third kappa shape index (κ3) is 4.61. The van der Waals surface area contributed by atoms with E-state index < -0.39 is 0 Å². The molecule has 0 amide bonds. The van der Waals surface area contributed by atoms with Gasteiger partial charge in [0.2, 0.25) is 0 Å². The first-order valence-electron chi connectivity index (χ1n) is 9.77. The Morgan fingerprint density at radius 1 is 1.26 bits per heavy atom. The number of nitrogens with zero attached hydrogens (tertiary/aromatic N) is 2. The van der Waals surface area contributed by atoms with Gasteiger partial charge in [-0.3, -0.25) is 20.7 Å². The lowest BCUT2D eigenvalue weighted by molar-refractivity contribution is 0.132. The summed E-state index contributed by atoms with van der Waals surface area (Å²) in [5.74, 6) is 1.34. The summed E-state index contributed by atoms with van der Waals surface area (Å²) in [5.41, 5.74) is 9.33. The van der Waals surface area contributed by atoms with Crippen molar-refractivity contribution in [2.45, 2.75) is 38.4 Å². The molecule has 2 N–H and O–H groups in total. The molecule has 3 unspecified atom stereocenters. The Morgan fingerprint density at radius 3 is 2.96 bits per heavy atom. The second kappa shape index (κ2) is 8.57. The molecule has 0 aliphatic carbocycles. The van der Waals surface area contributed by atoms with Crippen molar-refractivity contribution in [1.82, 2.24) is 20.7 Å². The molecule has 5 nitrogen and oxygen atoms in total. The van der Waals surface area contributed by atoms with Crippen molar-refractivity contribution in [2.75, 3.05) is 19.7 Å². The predicted octanol–water partition coefficient (Wildman–Crippen LogP) is 3.04. The molecule has 4 rings (SSSR count). The maximum absolute atomic E-state index is 6.05. The highest BCUT2D eigenvalue weighted by atomic mass is 35.5. The van der Waals surface area contributed by atoms with Crippen LogP contribution in [0.15, 0.2) is 42.6 Å². The van der Waals surface area contributed by atoms with Gasteiger partial charge < -0.3 is 4.74 Å². The molecule has 6 heteroatoms. The molecule has 144 valence electrons. The summed E-state index contributed by atoms with van der Waals surface area (Å²) in [4.78, 5) is 7.13. The van der Waals surface area contributed by atoms with E-state index in [-0.39, 0.29) is 6.04 Å². The molecule has 0 bridgehead atoms. The van der Waals surface area contributed by atoms with Crippen LogP contribution in [0.5, 0.6) is 5.75 Å². The molecule has 2 saturated heterocycles. The summed E-state index contributed by atoms with van der Waals surface area (Å²) >= 11 is 6.05. The zero-order valence-corrected chi connectivity index (χ0v) is 16.5. The van der Waals surface area contributed by atoms with Crippen molar-refractivity contribution in [2.24, 2.45) is 5.92 Å². The first kappa shape index (κ1) is 18.7. The molecule has 3 atom stereocenters. The molecule has 2 aliphatic rings. The number of fused-ring (bicyclic) bond motifs is 1. The Balaban J connectivity index is 1.34. The molecule has 2 fully saturated rings. The van der Waals surface area contributed by atoms with Crippen LogP contribution in [0.1, 0.15) is 24.6 Å². The van der Waals surface area contributed by atoms with Gasteiger partial charge in [0, 0.05) is 42.8 Å². The van der Waals surface area contributed by atoms with E-state index in [4.69, 9.17) is 16.3 Å². The summed E-state index contributed by atoms with van der Waals surface area (Å²) in [6.07, 6.45) is 4.17. The average Bonchev–Trinajstić information content (AvgIpc) is 3.09. The Hall–Kier alpha value is -1.66. The molecule has 1 aromatic heterocycles. The van der Waals surface area contributed by atoms with E-state index in [1.807, 2.05) is 30.5 Å². The van der Waals surface area contributed by atoms with Crippen molar-refractivity contribution in [3.8, 4) is 5.75 Å². The van der Waals surface area contributed by atoms with E-state index in [1.54, 1.807) is 0 Å². The zero-order valence-electron chi connectivity index (χ0n) is 15.7. The number of benzene rings is 1. The average molecular weight is 387 g/mol. The maximum atomic E-state index is 6.05. The smallest absolute Gasteiger partial charge is 0.120 e. The van der Waals surface area contributed by atoms with Crippen molar-refractivity contribution in [3.63, 3.8) is 0 Å². The van der Waals surface area contributed by atoms with Gasteiger partial charge in [-0.15, -0.1) is 0 Å². The van der Waals surface area contributed by atoms with Crippen LogP contribution in [-0.4, -0.2) is 41.7 Å². The third-order valence-corrected chi connectivity index (χ3v) is 5.85. The Kier molecular flexibility index (Phi) is 5.93. The Bertz CT molecular complexity index is 754. The summed E-state index contributed by atoms with van der Waals surface area (Å²) in [7, 11) is 0. The standard InChI is InChI=1S/C21H27ClN4O/c1-2-15-6-7-17(23-11-15)12-26-9-8-20-19(13-26)21(25-24-20)14-27-18-5-3-4-16(22)10-18/h3-7,10-11,19-21,24-25H,2,8-9,12-14H2,1H3. The molecule has 0 radical (unpaired) electrons. The van der Waals surface area contributed by atoms with Gasteiger partial charge in [0.15, 0.2) is 0 Å². The minimum Gasteiger partial charge on any atom is -0.492 e. The number of hydrogen-bond donors (Lipinski definition) is 2. The van der Waals surface area contributed by atoms with Gasteiger partial charge in [0.05, 0.1) is 11.7 Å². The van der Waals surface area contributed by atoms with Gasteiger partial charge in [0.1, 0.15) is 12.4 Å². The minimum absolute atomic E-state index is 0.284. The Morgan fingerprint density at radius 2 is 2.19 bits per heavy atom. The number of rotatable bonds is 6. The molecule has 2 aromatic rings. The lowest BCUT2D eigenvalue weighted by Crippen LogP contribution is -2.47. The summed E-state index contributed by atoms with van der Waals surface area (Å²) in [6.45, 7) is 5.84. The van der Waals surface area contributed by atoms with Crippen LogP contribution in [0.3, 0.4) is 0 Å². The molecular weight excluding hydrogens is 360 g/mol. The number of nitrogens with one attached hydrogen (secondary N) is 2. The highest BCUT2D eigenvalue weighted by Gasteiger charge is 2.40. The summed E-state index contributed by atoms with van der Waals surface area (Å²) in [6, 6.07) is 12.7. The lowest BCUT2D eigenvalue weighted by Gasteiger charge is -2.35. The van der Waals surface area contributed by atoms with Gasteiger partial charge >= 0.3 is 0 Å². The summed E-state index contributed by atoms with van der Waals surface area (Å²) < 4.78 is 5.98. The van der Waals surface area contributed by atoms with E-state index in [9.17, 15) is 0 Å². The van der Waals surface area contributed by atoms with Crippen LogP contribution >= 0.6 is 11.6 Å². The largest absolute Gasteiger partial charge is 0.492 e. The lowest BCUT2D eigenvalue weighted by atomic mass is 9.88. The second-order valence-corrected chi connectivity index (χ2v) is 7.91. The second-order valence-electron chi connectivity index (χ2n) is 7.47. The first-order valence-corrected chi connectivity index (χ1v) is 10.1. The molecule has 27 heavy (non-hydrogen) atoms. The van der Waals surface area contributed by atoms with Gasteiger partial charge in [-0.05, 0) is 42.7 Å². The molecule has 2 aliphatic heterocycles. The van der Waals surface area contributed by atoms with Gasteiger partial charge in [-0.2, -0.15) is 0 Å². The maximum Gasteiger partial charge on any atom is 0.120 e. The monoisotopic (exact) mass is 386 g/mol. The summed E-state index contributed by atoms with van der Waals surface area (Å²) in [5, 5.41) is 0.702. The number of likely N-dealkylation sites (tertiary alicyclic amines) is 1. The van der Waals surface area contributed by atoms with Gasteiger partial charge in [-0.25, -0.2) is 0 Å². The molecule has 0 saturated carbocycles. The number of hydrogen-bond acceptors (Lipinski definition) is 5. The normalized spacial score (nSPS) is 25.3. The number of halogens is 1. The zero-order chi connectivity index (χ0) is 18.6. The van der Waals surface area contributed by atoms with Crippen molar-refractivity contribution < 1.29 is 4.74 Å². The van der Waals surface area contributed by atoms with E-state index in [0.29, 0.717) is 23.6 Å². The highest BCUT2D eigenvalue weighted by Crippen LogP contribution is 2.26. The quantitative estimate of drug-likeness (QED) is 0.799. The Labute approximate surface area is 166 Å². The highest BCUT2D eigenvalue weighted by molar-refractivity contribution is 6.30. The topological polar surface area (TPSA) is 49.4 Å². The van der Waals surface area contributed by atoms with E-state index >= 15 is 0 Å². The van der Waals surface area contributed by atoms with E-state index in [1.165, 1.54) is 5.56 Å². The fourth-order valence-electron chi connectivity index (χ4n) is 4.00. The first-order chi connectivity index (χ1) is 13.2. The van der Waals surface area contributed by atoms with Gasteiger partial charge in [0.25, 0.3) is 0 Å². The number of ether oxygens (including phenoxy) is 1. The molecule has 0 spiro atoms. The molecule has 3 heterocycles. The minimum atomic E-state index is 0.284. The van der Waals surface area contributed by atoms with Crippen LogP contribution < -0.4 is 15.6 Å². The van der Waals surface area contributed by atoms with E-state index in [0.717, 1.165) is 43.9 Å². The molecular formula is C21H27ClN4O. The number of pyridine rings is 1. The van der Waals surface area contributed by atoms with Gasteiger partial charge in [-0.1, -0.05) is 30.7 Å². The molecule has 1 aromatic carbocycles. The number of aromatic nitrogens is 1. The van der Waals surface area contributed by atoms with Crippen LogP contribution in [0, 0.1) is 5.92 Å². The number of aryl methyl sites for hydroxylation is 1. The van der Waals surface area contributed by atoms with Crippen LogP contribution in [0.4, 0.5) is 0 Å². The predicted molar refractivity (Wildman–Crippen MR) is 108 cm³/mol. The fraction of sp³-hybridized carbons (Fsp3) is 0.476. The van der Waals surface area contributed by atoms with Crippen LogP contribution in [-0.2, 0) is 13.0 Å². The van der Waals surface area contributed by atoms with Crippen LogP contribution in [0.25, 0.3) is 0 Å². The van der Waals surface area contributed by atoms with E-state index in [2.05, 4.69) is 39.8 Å². The third-order valence-electron chi connectivity index (χ3n) is 5.62. The number of piperidine rings is 1.